The molecular weight excluding hydrogens is 260 g/mol. The summed E-state index contributed by atoms with van der Waals surface area (Å²) < 4.78 is 6.29. The second kappa shape index (κ2) is 4.34. The highest BCUT2D eigenvalue weighted by Gasteiger charge is 2.78. The topological polar surface area (TPSA) is 29.6 Å². The zero-order valence-corrected chi connectivity index (χ0v) is 14.0. The molecule has 0 radical (unpaired) electrons. The quantitative estimate of drug-likeness (QED) is 0.677. The molecule has 1 spiro atoms. The Morgan fingerprint density at radius 3 is 2.67 bits per heavy atom. The summed E-state index contributed by atoms with van der Waals surface area (Å²) >= 11 is 0. The second-order valence-corrected chi connectivity index (χ2v) is 9.01. The summed E-state index contributed by atoms with van der Waals surface area (Å²) in [4.78, 5) is 12.5. The van der Waals surface area contributed by atoms with E-state index in [0.717, 1.165) is 30.1 Å². The van der Waals surface area contributed by atoms with E-state index in [0.29, 0.717) is 18.1 Å². The SMILES string of the molecule is CC(C)[C@H]1CCC2C[C@]34O[C@@]3(C)CC(=O)[C@@H]4[C@@H](C)CC[C@H]21. The molecule has 1 aliphatic heterocycles. The van der Waals surface area contributed by atoms with Crippen LogP contribution in [0.4, 0.5) is 0 Å². The van der Waals surface area contributed by atoms with Gasteiger partial charge in [0.25, 0.3) is 0 Å². The first-order valence-corrected chi connectivity index (χ1v) is 9.11. The van der Waals surface area contributed by atoms with Gasteiger partial charge in [-0.2, -0.15) is 0 Å². The fourth-order valence-corrected chi connectivity index (χ4v) is 6.55. The summed E-state index contributed by atoms with van der Waals surface area (Å²) in [5.74, 6) is 4.59. The van der Waals surface area contributed by atoms with E-state index in [9.17, 15) is 4.79 Å². The Hall–Kier alpha value is -0.370. The van der Waals surface area contributed by atoms with Crippen molar-refractivity contribution in [2.24, 2.45) is 35.5 Å². The Balaban J connectivity index is 1.65. The van der Waals surface area contributed by atoms with Gasteiger partial charge >= 0.3 is 0 Å². The van der Waals surface area contributed by atoms with E-state index in [2.05, 4.69) is 27.7 Å². The molecule has 7 atom stereocenters. The largest absolute Gasteiger partial charge is 0.362 e. The summed E-state index contributed by atoms with van der Waals surface area (Å²) in [6.07, 6.45) is 7.16. The molecule has 0 aromatic carbocycles. The molecule has 1 heterocycles. The van der Waals surface area contributed by atoms with Crippen LogP contribution in [-0.4, -0.2) is 17.0 Å². The first-order chi connectivity index (χ1) is 9.88. The highest BCUT2D eigenvalue weighted by molar-refractivity contribution is 5.89. The highest BCUT2D eigenvalue weighted by atomic mass is 16.6. The van der Waals surface area contributed by atoms with Crippen LogP contribution < -0.4 is 0 Å². The molecule has 2 nitrogen and oxygen atoms in total. The van der Waals surface area contributed by atoms with Gasteiger partial charge in [-0.3, -0.25) is 4.79 Å². The monoisotopic (exact) mass is 290 g/mol. The number of epoxide rings is 1. The molecule has 118 valence electrons. The van der Waals surface area contributed by atoms with Crippen molar-refractivity contribution in [1.29, 1.82) is 0 Å². The van der Waals surface area contributed by atoms with Crippen LogP contribution in [0.2, 0.25) is 0 Å². The van der Waals surface area contributed by atoms with Crippen molar-refractivity contribution in [1.82, 2.24) is 0 Å². The third kappa shape index (κ3) is 1.77. The maximum atomic E-state index is 12.5. The van der Waals surface area contributed by atoms with Crippen molar-refractivity contribution >= 4 is 5.78 Å². The molecule has 0 bridgehead atoms. The summed E-state index contributed by atoms with van der Waals surface area (Å²) in [5.41, 5.74) is -0.181. The lowest BCUT2D eigenvalue weighted by Gasteiger charge is -2.36. The van der Waals surface area contributed by atoms with E-state index in [1.54, 1.807) is 0 Å². The molecule has 21 heavy (non-hydrogen) atoms. The van der Waals surface area contributed by atoms with Crippen LogP contribution >= 0.6 is 0 Å². The summed E-state index contributed by atoms with van der Waals surface area (Å²) in [5, 5.41) is 0. The lowest BCUT2D eigenvalue weighted by atomic mass is 9.67. The van der Waals surface area contributed by atoms with Gasteiger partial charge in [0.1, 0.15) is 17.0 Å². The molecule has 4 aliphatic rings. The molecule has 0 aromatic heterocycles. The maximum Gasteiger partial charge on any atom is 0.142 e. The molecule has 0 amide bonds. The van der Waals surface area contributed by atoms with Crippen LogP contribution in [-0.2, 0) is 9.53 Å². The molecule has 2 heteroatoms. The Morgan fingerprint density at radius 1 is 1.19 bits per heavy atom. The number of Topliss-reactive ketones (excluding diaryl/α,β-unsaturated/α-hetero) is 1. The molecule has 1 saturated heterocycles. The fourth-order valence-electron chi connectivity index (χ4n) is 6.55. The van der Waals surface area contributed by atoms with Gasteiger partial charge in [0, 0.05) is 6.42 Å². The number of rotatable bonds is 1. The molecule has 1 unspecified atom stereocenters. The van der Waals surface area contributed by atoms with Crippen molar-refractivity contribution in [3.63, 3.8) is 0 Å². The molecule has 3 aliphatic carbocycles. The average Bonchev–Trinajstić information content (AvgIpc) is 2.68. The van der Waals surface area contributed by atoms with E-state index >= 15 is 0 Å². The predicted octanol–water partition coefficient (Wildman–Crippen LogP) is 4.22. The van der Waals surface area contributed by atoms with Crippen LogP contribution in [0.15, 0.2) is 0 Å². The van der Waals surface area contributed by atoms with Gasteiger partial charge in [0.05, 0.1) is 5.92 Å². The number of ketones is 1. The number of ether oxygens (including phenoxy) is 1. The Bertz CT molecular complexity index is 470. The molecule has 4 fully saturated rings. The molecule has 3 saturated carbocycles. The minimum atomic E-state index is -0.110. The normalized spacial score (nSPS) is 55.7. The van der Waals surface area contributed by atoms with Gasteiger partial charge < -0.3 is 4.74 Å². The van der Waals surface area contributed by atoms with Crippen LogP contribution in [0.25, 0.3) is 0 Å². The number of carbonyl (C=O) groups excluding carboxylic acids is 1. The predicted molar refractivity (Wildman–Crippen MR) is 82.9 cm³/mol. The van der Waals surface area contributed by atoms with Gasteiger partial charge in [-0.1, -0.05) is 20.8 Å². The smallest absolute Gasteiger partial charge is 0.142 e. The Kier molecular flexibility index (Phi) is 2.94. The van der Waals surface area contributed by atoms with E-state index < -0.39 is 0 Å². The van der Waals surface area contributed by atoms with Crippen LogP contribution in [0.1, 0.15) is 66.2 Å². The maximum absolute atomic E-state index is 12.5. The minimum absolute atomic E-state index is 0.0707. The molecular formula is C19H30O2. The Morgan fingerprint density at radius 2 is 1.95 bits per heavy atom. The number of carbonyl (C=O) groups is 1. The van der Waals surface area contributed by atoms with Crippen molar-refractivity contribution in [2.75, 3.05) is 0 Å². The Labute approximate surface area is 129 Å². The lowest BCUT2D eigenvalue weighted by molar-refractivity contribution is -0.127. The second-order valence-electron chi connectivity index (χ2n) is 9.01. The van der Waals surface area contributed by atoms with Gasteiger partial charge in [-0.05, 0) is 68.6 Å². The number of fused-ring (bicyclic) bond motifs is 1. The van der Waals surface area contributed by atoms with Crippen LogP contribution in [0.3, 0.4) is 0 Å². The number of hydrogen-bond acceptors (Lipinski definition) is 2. The summed E-state index contributed by atoms with van der Waals surface area (Å²) in [7, 11) is 0. The van der Waals surface area contributed by atoms with Crippen molar-refractivity contribution in [2.45, 2.75) is 77.4 Å². The third-order valence-corrected chi connectivity index (χ3v) is 7.59. The van der Waals surface area contributed by atoms with Crippen LogP contribution in [0.5, 0.6) is 0 Å². The lowest BCUT2D eigenvalue weighted by Crippen LogP contribution is -2.38. The standard InChI is InChI=1S/C19H30O2/c1-11(2)14-8-6-13-9-19-17(12(3)5-7-15(13)14)16(20)10-18(19,4)21-19/h11-15,17H,5-10H2,1-4H3/t12-,13?,14+,15+,17-,18-,19+/m0/s1. The van der Waals surface area contributed by atoms with E-state index in [-0.39, 0.29) is 17.1 Å². The van der Waals surface area contributed by atoms with Crippen molar-refractivity contribution in [3.8, 4) is 0 Å². The minimum Gasteiger partial charge on any atom is -0.362 e. The number of hydrogen-bond donors (Lipinski definition) is 0. The van der Waals surface area contributed by atoms with Crippen molar-refractivity contribution < 1.29 is 9.53 Å². The first-order valence-electron chi connectivity index (χ1n) is 9.11. The zero-order valence-electron chi connectivity index (χ0n) is 14.0. The van der Waals surface area contributed by atoms with Gasteiger partial charge in [0.2, 0.25) is 0 Å². The highest BCUT2D eigenvalue weighted by Crippen LogP contribution is 2.68. The van der Waals surface area contributed by atoms with Gasteiger partial charge in [-0.15, -0.1) is 0 Å². The summed E-state index contributed by atoms with van der Waals surface area (Å²) in [6.45, 7) is 9.29. The average molecular weight is 290 g/mol. The zero-order chi connectivity index (χ0) is 15.0. The third-order valence-electron chi connectivity index (χ3n) is 7.59. The van der Waals surface area contributed by atoms with Crippen molar-refractivity contribution in [3.05, 3.63) is 0 Å². The van der Waals surface area contributed by atoms with E-state index in [1.165, 1.54) is 25.7 Å². The van der Waals surface area contributed by atoms with E-state index in [1.807, 2.05) is 0 Å². The van der Waals surface area contributed by atoms with E-state index in [4.69, 9.17) is 4.74 Å². The first kappa shape index (κ1) is 14.2. The van der Waals surface area contributed by atoms with Crippen LogP contribution in [0, 0.1) is 35.5 Å². The van der Waals surface area contributed by atoms with Gasteiger partial charge in [0.15, 0.2) is 0 Å². The molecule has 0 aromatic rings. The van der Waals surface area contributed by atoms with Gasteiger partial charge in [-0.25, -0.2) is 0 Å². The summed E-state index contributed by atoms with van der Waals surface area (Å²) in [6, 6.07) is 0. The fraction of sp³-hybridized carbons (Fsp3) is 0.947. The molecule has 0 N–H and O–H groups in total. The molecule has 4 rings (SSSR count).